The Morgan fingerprint density at radius 3 is 2.72 bits per heavy atom. The van der Waals surface area contributed by atoms with Gasteiger partial charge in [-0.1, -0.05) is 6.07 Å². The lowest BCUT2D eigenvalue weighted by molar-refractivity contribution is -0.148. The zero-order valence-electron chi connectivity index (χ0n) is 16.1. The van der Waals surface area contributed by atoms with Crippen LogP contribution in [0.5, 0.6) is 0 Å². The predicted octanol–water partition coefficient (Wildman–Crippen LogP) is -0.167. The van der Waals surface area contributed by atoms with Gasteiger partial charge < -0.3 is 10.1 Å². The van der Waals surface area contributed by atoms with E-state index in [0.717, 1.165) is 18.4 Å². The second-order valence-electron chi connectivity index (χ2n) is 7.28. The van der Waals surface area contributed by atoms with E-state index < -0.39 is 44.9 Å². The first kappa shape index (κ1) is 21.1. The Balaban J connectivity index is 1.85. The lowest BCUT2D eigenvalue weighted by Crippen LogP contribution is -2.62. The number of aliphatic imine (C=N–C) groups is 1. The van der Waals surface area contributed by atoms with Gasteiger partial charge in [-0.25, -0.2) is 17.8 Å². The number of rotatable bonds is 4. The molecule has 0 bridgehead atoms. The van der Waals surface area contributed by atoms with E-state index in [0.29, 0.717) is 0 Å². The number of ether oxygens (including phenoxy) is 1. The van der Waals surface area contributed by atoms with Crippen molar-refractivity contribution in [2.75, 3.05) is 19.4 Å². The van der Waals surface area contributed by atoms with Crippen LogP contribution >= 0.6 is 0 Å². The van der Waals surface area contributed by atoms with E-state index in [1.807, 2.05) is 0 Å². The monoisotopic (exact) mass is 425 g/mol. The number of ketones is 1. The molecule has 156 valence electrons. The van der Waals surface area contributed by atoms with Gasteiger partial charge in [0.25, 0.3) is 17.6 Å². The minimum absolute atomic E-state index is 0.146. The number of hydrogen-bond acceptors (Lipinski definition) is 7. The van der Waals surface area contributed by atoms with Crippen molar-refractivity contribution in [1.82, 2.24) is 10.2 Å². The third-order valence-electron chi connectivity index (χ3n) is 4.66. The SMILES string of the molecule is CC1(C)OCCN2C(=O)C(=O)C(C(=O)NCc3ccc(F)cc3S(C)(=O)=O)N=C21. The first-order chi connectivity index (χ1) is 13.4. The summed E-state index contributed by atoms with van der Waals surface area (Å²) in [6, 6.07) is 1.54. The molecule has 9 nitrogen and oxygen atoms in total. The summed E-state index contributed by atoms with van der Waals surface area (Å²) in [5.41, 5.74) is -0.805. The fourth-order valence-corrected chi connectivity index (χ4v) is 4.16. The highest BCUT2D eigenvalue weighted by Crippen LogP contribution is 2.24. The zero-order valence-corrected chi connectivity index (χ0v) is 16.9. The molecule has 0 saturated carbocycles. The number of nitrogens with one attached hydrogen (secondary N) is 1. The number of fused-ring (bicyclic) bond motifs is 1. The summed E-state index contributed by atoms with van der Waals surface area (Å²) in [5, 5.41) is 2.41. The summed E-state index contributed by atoms with van der Waals surface area (Å²) in [5.74, 6) is -3.23. The molecule has 1 aromatic rings. The highest BCUT2D eigenvalue weighted by atomic mass is 32.2. The molecule has 1 N–H and O–H groups in total. The van der Waals surface area contributed by atoms with Crippen molar-refractivity contribution in [3.63, 3.8) is 0 Å². The van der Waals surface area contributed by atoms with Gasteiger partial charge in [0.1, 0.15) is 17.3 Å². The summed E-state index contributed by atoms with van der Waals surface area (Å²) in [6.45, 7) is 3.46. The maximum Gasteiger partial charge on any atom is 0.298 e. The predicted molar refractivity (Wildman–Crippen MR) is 99.3 cm³/mol. The Labute approximate surface area is 166 Å². The van der Waals surface area contributed by atoms with Crippen LogP contribution in [0.2, 0.25) is 0 Å². The lowest BCUT2D eigenvalue weighted by Gasteiger charge is -2.41. The van der Waals surface area contributed by atoms with Crippen LogP contribution in [0.25, 0.3) is 0 Å². The molecule has 1 unspecified atom stereocenters. The van der Waals surface area contributed by atoms with Crippen molar-refractivity contribution in [1.29, 1.82) is 0 Å². The van der Waals surface area contributed by atoms with Crippen LogP contribution in [-0.4, -0.2) is 67.8 Å². The molecule has 1 saturated heterocycles. The zero-order chi connectivity index (χ0) is 21.6. The van der Waals surface area contributed by atoms with E-state index in [-0.39, 0.29) is 36.0 Å². The maximum atomic E-state index is 13.4. The Morgan fingerprint density at radius 1 is 1.38 bits per heavy atom. The van der Waals surface area contributed by atoms with Gasteiger partial charge in [-0.05, 0) is 31.5 Å². The molecule has 1 atom stereocenters. The maximum absolute atomic E-state index is 13.4. The van der Waals surface area contributed by atoms with Gasteiger partial charge in [0.05, 0.1) is 18.0 Å². The second-order valence-corrected chi connectivity index (χ2v) is 9.26. The van der Waals surface area contributed by atoms with E-state index in [9.17, 15) is 27.2 Å². The van der Waals surface area contributed by atoms with Crippen LogP contribution in [-0.2, 0) is 35.5 Å². The summed E-state index contributed by atoms with van der Waals surface area (Å²) >= 11 is 0. The number of amides is 2. The Kier molecular flexibility index (Phi) is 5.30. The number of hydrogen-bond donors (Lipinski definition) is 1. The fourth-order valence-electron chi connectivity index (χ4n) is 3.22. The molecule has 29 heavy (non-hydrogen) atoms. The van der Waals surface area contributed by atoms with Gasteiger partial charge in [-0.2, -0.15) is 0 Å². The molecule has 2 aliphatic heterocycles. The molecular weight excluding hydrogens is 405 g/mol. The highest BCUT2D eigenvalue weighted by Gasteiger charge is 2.47. The largest absolute Gasteiger partial charge is 0.366 e. The third-order valence-corrected chi connectivity index (χ3v) is 5.84. The Morgan fingerprint density at radius 2 is 2.07 bits per heavy atom. The molecule has 0 spiro atoms. The van der Waals surface area contributed by atoms with Gasteiger partial charge in [0.2, 0.25) is 0 Å². The minimum Gasteiger partial charge on any atom is -0.366 e. The summed E-state index contributed by atoms with van der Waals surface area (Å²) in [4.78, 5) is 42.4. The summed E-state index contributed by atoms with van der Waals surface area (Å²) in [7, 11) is -3.74. The van der Waals surface area contributed by atoms with Gasteiger partial charge in [-0.15, -0.1) is 0 Å². The van der Waals surface area contributed by atoms with Crippen LogP contribution in [0, 0.1) is 5.82 Å². The van der Waals surface area contributed by atoms with E-state index in [2.05, 4.69) is 10.3 Å². The van der Waals surface area contributed by atoms with Crippen LogP contribution < -0.4 is 5.32 Å². The molecule has 2 heterocycles. The number of halogens is 1. The summed E-state index contributed by atoms with van der Waals surface area (Å²) < 4.78 is 42.7. The van der Waals surface area contributed by atoms with Crippen LogP contribution in [0.3, 0.4) is 0 Å². The lowest BCUT2D eigenvalue weighted by atomic mass is 9.99. The van der Waals surface area contributed by atoms with Gasteiger partial charge in [0, 0.05) is 12.8 Å². The van der Waals surface area contributed by atoms with Crippen LogP contribution in [0.15, 0.2) is 28.1 Å². The van der Waals surface area contributed by atoms with E-state index >= 15 is 0 Å². The highest BCUT2D eigenvalue weighted by molar-refractivity contribution is 7.90. The van der Waals surface area contributed by atoms with E-state index in [4.69, 9.17) is 4.74 Å². The molecule has 2 amide bonds. The van der Waals surface area contributed by atoms with Crippen molar-refractivity contribution in [2.24, 2.45) is 4.99 Å². The Bertz CT molecular complexity index is 1030. The van der Waals surface area contributed by atoms with Crippen molar-refractivity contribution in [3.05, 3.63) is 29.6 Å². The van der Waals surface area contributed by atoms with Gasteiger partial charge in [-0.3, -0.25) is 19.3 Å². The fraction of sp³-hybridized carbons (Fsp3) is 0.444. The first-order valence-corrected chi connectivity index (χ1v) is 10.6. The average molecular weight is 425 g/mol. The summed E-state index contributed by atoms with van der Waals surface area (Å²) in [6.07, 6.45) is 0.919. The number of morpholine rings is 1. The van der Waals surface area contributed by atoms with Crippen molar-refractivity contribution >= 4 is 33.3 Å². The van der Waals surface area contributed by atoms with E-state index in [1.165, 1.54) is 11.0 Å². The third kappa shape index (κ3) is 4.06. The number of carbonyl (C=O) groups is 3. The molecule has 0 aliphatic carbocycles. The molecule has 0 aromatic heterocycles. The Hall–Kier alpha value is -2.66. The minimum atomic E-state index is -3.74. The number of Topliss-reactive ketones (excluding diaryl/α,β-unsaturated/α-hetero) is 1. The molecule has 11 heteroatoms. The number of benzene rings is 1. The van der Waals surface area contributed by atoms with Crippen LogP contribution in [0.4, 0.5) is 4.39 Å². The molecule has 2 aliphatic rings. The second kappa shape index (κ2) is 7.30. The van der Waals surface area contributed by atoms with Crippen molar-refractivity contribution < 1.29 is 31.9 Å². The number of carbonyl (C=O) groups excluding carboxylic acids is 3. The topological polar surface area (TPSA) is 122 Å². The standard InChI is InChI=1S/C18H20FN3O6S/c1-18(2)17-21-13(14(23)16(25)22(17)6-7-28-18)15(24)20-9-10-4-5-11(19)8-12(10)29(3,26)27/h4-5,8,13H,6-7,9H2,1-3H3,(H,20,24). The van der Waals surface area contributed by atoms with Gasteiger partial charge >= 0.3 is 0 Å². The molecule has 1 fully saturated rings. The quantitative estimate of drug-likeness (QED) is 0.528. The number of amidine groups is 1. The number of sulfone groups is 1. The first-order valence-electron chi connectivity index (χ1n) is 8.76. The molecular formula is C18H20FN3O6S. The normalized spacial score (nSPS) is 21.4. The van der Waals surface area contributed by atoms with E-state index in [1.54, 1.807) is 13.8 Å². The smallest absolute Gasteiger partial charge is 0.298 e. The van der Waals surface area contributed by atoms with Crippen molar-refractivity contribution in [2.45, 2.75) is 36.9 Å². The van der Waals surface area contributed by atoms with Crippen LogP contribution in [0.1, 0.15) is 19.4 Å². The van der Waals surface area contributed by atoms with Crippen molar-refractivity contribution in [3.8, 4) is 0 Å². The molecule has 3 rings (SSSR count). The average Bonchev–Trinajstić information content (AvgIpc) is 2.62. The van der Waals surface area contributed by atoms with Gasteiger partial charge in [0.15, 0.2) is 15.9 Å². The molecule has 0 radical (unpaired) electrons. The molecule has 1 aromatic carbocycles. The number of nitrogens with zero attached hydrogens (tertiary/aromatic N) is 2.